The number of hydrogen-bond donors (Lipinski definition) is 3. The largest absolute Gasteiger partial charge is 0.392 e. The molecule has 108 valence electrons. The van der Waals surface area contributed by atoms with Crippen molar-refractivity contribution in [2.75, 3.05) is 12.3 Å². The van der Waals surface area contributed by atoms with Gasteiger partial charge in [0.05, 0.1) is 28.1 Å². The number of aliphatic hydroxyl groups is 1. The topological polar surface area (TPSA) is 78.0 Å². The maximum absolute atomic E-state index is 11.6. The first kappa shape index (κ1) is 14.9. The molecule has 1 aromatic carbocycles. The van der Waals surface area contributed by atoms with Crippen LogP contribution in [0.4, 0.5) is 0 Å². The van der Waals surface area contributed by atoms with Gasteiger partial charge in [-0.2, -0.15) is 0 Å². The third kappa shape index (κ3) is 3.98. The number of amides is 1. The Labute approximate surface area is 122 Å². The van der Waals surface area contributed by atoms with E-state index < -0.39 is 6.10 Å². The molecule has 20 heavy (non-hydrogen) atoms. The molecule has 0 spiro atoms. The smallest absolute Gasteiger partial charge is 0.230 e. The van der Waals surface area contributed by atoms with Gasteiger partial charge < -0.3 is 15.4 Å². The fourth-order valence-electron chi connectivity index (χ4n) is 1.76. The van der Waals surface area contributed by atoms with E-state index in [9.17, 15) is 4.79 Å². The summed E-state index contributed by atoms with van der Waals surface area (Å²) in [5.41, 5.74) is 1.95. The summed E-state index contributed by atoms with van der Waals surface area (Å²) in [6.45, 7) is 3.95. The van der Waals surface area contributed by atoms with Crippen LogP contribution >= 0.6 is 11.8 Å². The first-order chi connectivity index (χ1) is 9.56. The molecule has 0 aliphatic heterocycles. The van der Waals surface area contributed by atoms with Gasteiger partial charge in [0.1, 0.15) is 5.82 Å². The number of thioether (sulfide) groups is 1. The number of nitrogens with zero attached hydrogens (tertiary/aromatic N) is 1. The van der Waals surface area contributed by atoms with Gasteiger partial charge in [-0.05, 0) is 26.0 Å². The molecule has 6 heteroatoms. The summed E-state index contributed by atoms with van der Waals surface area (Å²) < 4.78 is 0. The molecule has 2 unspecified atom stereocenters. The number of imidazole rings is 1. The fraction of sp³-hybridized carbons (Fsp3) is 0.429. The maximum Gasteiger partial charge on any atom is 0.230 e. The Kier molecular flexibility index (Phi) is 5.03. The van der Waals surface area contributed by atoms with Gasteiger partial charge in [0, 0.05) is 6.54 Å². The Morgan fingerprint density at radius 2 is 2.20 bits per heavy atom. The number of benzene rings is 1. The predicted octanol–water partition coefficient (Wildman–Crippen LogP) is 1.85. The standard InChI is InChI=1S/C14H19N3O2S/c1-9(18)7-15-13(19)8-20-10(2)14-16-11-5-3-4-6-12(11)17-14/h3-6,9-10,18H,7-8H2,1-2H3,(H,15,19)(H,16,17). The zero-order valence-electron chi connectivity index (χ0n) is 11.6. The molecule has 2 atom stereocenters. The number of aliphatic hydroxyl groups excluding tert-OH is 1. The number of rotatable bonds is 6. The zero-order valence-corrected chi connectivity index (χ0v) is 12.4. The summed E-state index contributed by atoms with van der Waals surface area (Å²) in [5, 5.41) is 11.9. The highest BCUT2D eigenvalue weighted by atomic mass is 32.2. The molecular formula is C14H19N3O2S. The van der Waals surface area contributed by atoms with E-state index in [1.54, 1.807) is 6.92 Å². The van der Waals surface area contributed by atoms with Gasteiger partial charge in [0.2, 0.25) is 5.91 Å². The fourth-order valence-corrected chi connectivity index (χ4v) is 2.53. The van der Waals surface area contributed by atoms with E-state index in [1.165, 1.54) is 11.8 Å². The van der Waals surface area contributed by atoms with Crippen LogP contribution in [0.15, 0.2) is 24.3 Å². The van der Waals surface area contributed by atoms with Crippen molar-refractivity contribution in [1.29, 1.82) is 0 Å². The predicted molar refractivity (Wildman–Crippen MR) is 81.7 cm³/mol. The third-order valence-electron chi connectivity index (χ3n) is 2.85. The minimum Gasteiger partial charge on any atom is -0.392 e. The molecule has 2 aromatic rings. The van der Waals surface area contributed by atoms with Crippen LogP contribution < -0.4 is 5.32 Å². The molecule has 2 rings (SSSR count). The molecule has 0 radical (unpaired) electrons. The molecule has 0 saturated carbocycles. The number of nitrogens with one attached hydrogen (secondary N) is 2. The third-order valence-corrected chi connectivity index (χ3v) is 4.00. The van der Waals surface area contributed by atoms with Crippen LogP contribution in [-0.2, 0) is 4.79 Å². The number of para-hydroxylation sites is 2. The summed E-state index contributed by atoms with van der Waals surface area (Å²) >= 11 is 1.52. The van der Waals surface area contributed by atoms with Gasteiger partial charge in [-0.1, -0.05) is 12.1 Å². The molecule has 0 aliphatic rings. The number of carbonyl (C=O) groups is 1. The minimum absolute atomic E-state index is 0.0705. The Morgan fingerprint density at radius 1 is 1.45 bits per heavy atom. The van der Waals surface area contributed by atoms with E-state index in [4.69, 9.17) is 5.11 Å². The Hall–Kier alpha value is -1.53. The van der Waals surface area contributed by atoms with E-state index in [-0.39, 0.29) is 11.2 Å². The van der Waals surface area contributed by atoms with Crippen LogP contribution in [0.1, 0.15) is 24.9 Å². The van der Waals surface area contributed by atoms with Gasteiger partial charge >= 0.3 is 0 Å². The normalized spacial score (nSPS) is 14.2. The van der Waals surface area contributed by atoms with Crippen LogP contribution in [0.2, 0.25) is 0 Å². The molecule has 3 N–H and O–H groups in total. The van der Waals surface area contributed by atoms with Crippen molar-refractivity contribution in [3.05, 3.63) is 30.1 Å². The van der Waals surface area contributed by atoms with E-state index in [0.717, 1.165) is 16.9 Å². The zero-order chi connectivity index (χ0) is 14.5. The van der Waals surface area contributed by atoms with Crippen molar-refractivity contribution in [3.8, 4) is 0 Å². The lowest BCUT2D eigenvalue weighted by Gasteiger charge is -2.09. The van der Waals surface area contributed by atoms with Gasteiger partial charge in [-0.15, -0.1) is 11.8 Å². The molecular weight excluding hydrogens is 274 g/mol. The highest BCUT2D eigenvalue weighted by Gasteiger charge is 2.13. The van der Waals surface area contributed by atoms with Crippen molar-refractivity contribution >= 4 is 28.7 Å². The second-order valence-corrected chi connectivity index (χ2v) is 6.07. The van der Waals surface area contributed by atoms with Crippen molar-refractivity contribution in [3.63, 3.8) is 0 Å². The summed E-state index contributed by atoms with van der Waals surface area (Å²) in [5.74, 6) is 1.16. The van der Waals surface area contributed by atoms with Crippen LogP contribution in [0, 0.1) is 0 Å². The van der Waals surface area contributed by atoms with E-state index in [2.05, 4.69) is 15.3 Å². The van der Waals surface area contributed by atoms with Crippen molar-refractivity contribution in [2.24, 2.45) is 0 Å². The number of H-pyrrole nitrogens is 1. The minimum atomic E-state index is -0.517. The number of aromatic nitrogens is 2. The highest BCUT2D eigenvalue weighted by Crippen LogP contribution is 2.27. The lowest BCUT2D eigenvalue weighted by molar-refractivity contribution is -0.118. The molecule has 1 heterocycles. The number of fused-ring (bicyclic) bond motifs is 1. The van der Waals surface area contributed by atoms with Crippen molar-refractivity contribution < 1.29 is 9.90 Å². The lowest BCUT2D eigenvalue weighted by Crippen LogP contribution is -2.31. The molecule has 0 fully saturated rings. The van der Waals surface area contributed by atoms with Crippen molar-refractivity contribution in [2.45, 2.75) is 25.2 Å². The Morgan fingerprint density at radius 3 is 2.90 bits per heavy atom. The number of hydrogen-bond acceptors (Lipinski definition) is 4. The molecule has 1 aromatic heterocycles. The van der Waals surface area contributed by atoms with Gasteiger partial charge in [-0.3, -0.25) is 4.79 Å². The Balaban J connectivity index is 1.88. The van der Waals surface area contributed by atoms with E-state index in [1.807, 2.05) is 31.2 Å². The summed E-state index contributed by atoms with van der Waals surface area (Å²) in [6.07, 6.45) is -0.517. The van der Waals surface area contributed by atoms with Crippen LogP contribution in [0.25, 0.3) is 11.0 Å². The SMILES string of the molecule is CC(O)CNC(=O)CSC(C)c1nc2ccccc2[nH]1. The lowest BCUT2D eigenvalue weighted by atomic mass is 10.3. The quantitative estimate of drug-likeness (QED) is 0.759. The van der Waals surface area contributed by atoms with E-state index in [0.29, 0.717) is 12.3 Å². The van der Waals surface area contributed by atoms with Gasteiger partial charge in [0.25, 0.3) is 0 Å². The van der Waals surface area contributed by atoms with Crippen molar-refractivity contribution in [1.82, 2.24) is 15.3 Å². The van der Waals surface area contributed by atoms with Crippen LogP contribution in [0.3, 0.4) is 0 Å². The average molecular weight is 293 g/mol. The van der Waals surface area contributed by atoms with Gasteiger partial charge in [0.15, 0.2) is 0 Å². The second-order valence-electron chi connectivity index (χ2n) is 4.75. The highest BCUT2D eigenvalue weighted by molar-refractivity contribution is 8.00. The first-order valence-electron chi connectivity index (χ1n) is 6.57. The molecule has 0 bridgehead atoms. The first-order valence-corrected chi connectivity index (χ1v) is 7.62. The summed E-state index contributed by atoms with van der Waals surface area (Å²) in [4.78, 5) is 19.4. The maximum atomic E-state index is 11.6. The number of aromatic amines is 1. The Bertz CT molecular complexity index is 550. The number of carbonyl (C=O) groups excluding carboxylic acids is 1. The monoisotopic (exact) mass is 293 g/mol. The van der Waals surface area contributed by atoms with Crippen LogP contribution in [0.5, 0.6) is 0 Å². The average Bonchev–Trinajstić information content (AvgIpc) is 2.86. The summed E-state index contributed by atoms with van der Waals surface area (Å²) in [7, 11) is 0. The van der Waals surface area contributed by atoms with Crippen LogP contribution in [-0.4, -0.2) is 39.4 Å². The molecule has 0 aliphatic carbocycles. The summed E-state index contributed by atoms with van der Waals surface area (Å²) in [6, 6.07) is 7.86. The van der Waals surface area contributed by atoms with Gasteiger partial charge in [-0.25, -0.2) is 4.98 Å². The molecule has 5 nitrogen and oxygen atoms in total. The molecule has 1 amide bonds. The molecule has 0 saturated heterocycles. The second kappa shape index (κ2) is 6.76. The van der Waals surface area contributed by atoms with E-state index >= 15 is 0 Å².